The zero-order chi connectivity index (χ0) is 21.5. The number of aromatic nitrogens is 3. The van der Waals surface area contributed by atoms with Gasteiger partial charge in [0.25, 0.3) is 0 Å². The number of halogens is 1. The average molecular weight is 446 g/mol. The monoisotopic (exact) mass is 445 g/mol. The summed E-state index contributed by atoms with van der Waals surface area (Å²) in [6.07, 6.45) is 0.0602. The van der Waals surface area contributed by atoms with Crippen molar-refractivity contribution in [3.05, 3.63) is 59.4 Å². The summed E-state index contributed by atoms with van der Waals surface area (Å²) in [4.78, 5) is 24.4. The molecule has 0 fully saturated rings. The minimum Gasteiger partial charge on any atom is -0.497 e. The van der Waals surface area contributed by atoms with E-state index in [9.17, 15) is 9.59 Å². The van der Waals surface area contributed by atoms with Gasteiger partial charge in [-0.3, -0.25) is 9.59 Å². The number of amides is 2. The number of carbonyl (C=O) groups excluding carboxylic acids is 2. The van der Waals surface area contributed by atoms with Gasteiger partial charge in [0.1, 0.15) is 11.6 Å². The summed E-state index contributed by atoms with van der Waals surface area (Å²) in [7, 11) is 3.34. The molecule has 0 aliphatic heterocycles. The van der Waals surface area contributed by atoms with Crippen LogP contribution in [-0.2, 0) is 23.1 Å². The molecule has 156 valence electrons. The topological polar surface area (TPSA) is 98.1 Å². The van der Waals surface area contributed by atoms with Crippen LogP contribution in [0.5, 0.6) is 5.75 Å². The van der Waals surface area contributed by atoms with Crippen molar-refractivity contribution >= 4 is 46.6 Å². The van der Waals surface area contributed by atoms with E-state index in [1.165, 1.54) is 11.8 Å². The Balaban J connectivity index is 1.51. The lowest BCUT2D eigenvalue weighted by Gasteiger charge is -2.07. The predicted octanol–water partition coefficient (Wildman–Crippen LogP) is 3.39. The molecule has 0 atom stereocenters. The molecule has 10 heteroatoms. The van der Waals surface area contributed by atoms with Gasteiger partial charge in [-0.05, 0) is 48.5 Å². The summed E-state index contributed by atoms with van der Waals surface area (Å²) < 4.78 is 6.79. The number of hydrogen-bond acceptors (Lipinski definition) is 6. The van der Waals surface area contributed by atoms with Gasteiger partial charge in [-0.15, -0.1) is 10.2 Å². The van der Waals surface area contributed by atoms with Crippen LogP contribution in [0.4, 0.5) is 11.4 Å². The fourth-order valence-corrected chi connectivity index (χ4v) is 3.36. The lowest BCUT2D eigenvalue weighted by Crippen LogP contribution is -2.17. The third kappa shape index (κ3) is 5.98. The van der Waals surface area contributed by atoms with Gasteiger partial charge < -0.3 is 19.9 Å². The fourth-order valence-electron chi connectivity index (χ4n) is 2.51. The van der Waals surface area contributed by atoms with Crippen LogP contribution in [-0.4, -0.2) is 39.4 Å². The molecule has 0 radical (unpaired) electrons. The number of anilines is 2. The molecule has 3 aromatic rings. The summed E-state index contributed by atoms with van der Waals surface area (Å²) in [6, 6.07) is 13.9. The van der Waals surface area contributed by atoms with E-state index in [4.69, 9.17) is 16.3 Å². The van der Waals surface area contributed by atoms with Gasteiger partial charge >= 0.3 is 0 Å². The lowest BCUT2D eigenvalue weighted by molar-refractivity contribution is -0.116. The maximum Gasteiger partial charge on any atom is 0.234 e. The van der Waals surface area contributed by atoms with Gasteiger partial charge in [0.05, 0.1) is 19.3 Å². The summed E-state index contributed by atoms with van der Waals surface area (Å²) in [6.45, 7) is 0. The molecule has 3 rings (SSSR count). The molecule has 0 spiro atoms. The van der Waals surface area contributed by atoms with E-state index in [-0.39, 0.29) is 24.0 Å². The van der Waals surface area contributed by atoms with Crippen molar-refractivity contribution in [2.24, 2.45) is 7.05 Å². The Hall–Kier alpha value is -3.04. The Labute approximate surface area is 183 Å². The molecule has 0 unspecified atom stereocenters. The third-order valence-corrected chi connectivity index (χ3v) is 5.35. The first-order valence-electron chi connectivity index (χ1n) is 8.95. The summed E-state index contributed by atoms with van der Waals surface area (Å²) >= 11 is 7.08. The van der Waals surface area contributed by atoms with Gasteiger partial charge in [-0.25, -0.2) is 0 Å². The zero-order valence-electron chi connectivity index (χ0n) is 16.4. The maximum atomic E-state index is 12.2. The van der Waals surface area contributed by atoms with Crippen LogP contribution in [0, 0.1) is 0 Å². The van der Waals surface area contributed by atoms with E-state index in [2.05, 4.69) is 20.8 Å². The second kappa shape index (κ2) is 10.1. The number of rotatable bonds is 8. The van der Waals surface area contributed by atoms with Crippen molar-refractivity contribution < 1.29 is 14.3 Å². The molecule has 2 N–H and O–H groups in total. The Kier molecular flexibility index (Phi) is 7.31. The molecule has 1 aromatic heterocycles. The molecule has 8 nitrogen and oxygen atoms in total. The lowest BCUT2D eigenvalue weighted by atomic mass is 10.3. The molecule has 0 saturated carbocycles. The van der Waals surface area contributed by atoms with Crippen LogP contribution in [0.2, 0.25) is 5.02 Å². The molecule has 2 amide bonds. The number of nitrogens with zero attached hydrogens (tertiary/aromatic N) is 3. The van der Waals surface area contributed by atoms with Crippen LogP contribution < -0.4 is 15.4 Å². The highest BCUT2D eigenvalue weighted by Gasteiger charge is 2.15. The quantitative estimate of drug-likeness (QED) is 0.516. The van der Waals surface area contributed by atoms with Crippen molar-refractivity contribution in [2.75, 3.05) is 23.5 Å². The highest BCUT2D eigenvalue weighted by Crippen LogP contribution is 2.19. The normalized spacial score (nSPS) is 10.5. The molecular formula is C20H20ClN5O3S. The summed E-state index contributed by atoms with van der Waals surface area (Å²) in [5.41, 5.74) is 1.33. The first-order valence-corrected chi connectivity index (χ1v) is 10.3. The van der Waals surface area contributed by atoms with Crippen molar-refractivity contribution in [3.63, 3.8) is 0 Å². The average Bonchev–Trinajstić information content (AvgIpc) is 3.08. The standard InChI is InChI=1S/C20H20ClN5O3S/c1-26-17(11-18(27)22-14-5-3-13(21)4-6-14)24-25-20(26)30-12-19(28)23-15-7-9-16(29-2)10-8-15/h3-10H,11-12H2,1-2H3,(H,22,27)(H,23,28). The minimum absolute atomic E-state index is 0.0602. The van der Waals surface area contributed by atoms with Crippen LogP contribution in [0.3, 0.4) is 0 Å². The Morgan fingerprint density at radius 1 is 1.00 bits per heavy atom. The predicted molar refractivity (Wildman–Crippen MR) is 117 cm³/mol. The Morgan fingerprint density at radius 2 is 1.60 bits per heavy atom. The van der Waals surface area contributed by atoms with Crippen LogP contribution in [0.1, 0.15) is 5.82 Å². The molecule has 30 heavy (non-hydrogen) atoms. The molecular weight excluding hydrogens is 426 g/mol. The van der Waals surface area contributed by atoms with Gasteiger partial charge in [0.15, 0.2) is 5.16 Å². The van der Waals surface area contributed by atoms with Crippen molar-refractivity contribution in [1.82, 2.24) is 14.8 Å². The molecule has 0 bridgehead atoms. The maximum absolute atomic E-state index is 12.2. The minimum atomic E-state index is -0.221. The number of hydrogen-bond donors (Lipinski definition) is 2. The number of thioether (sulfide) groups is 1. The van der Waals surface area contributed by atoms with E-state index >= 15 is 0 Å². The van der Waals surface area contributed by atoms with Gasteiger partial charge in [0.2, 0.25) is 11.8 Å². The molecule has 1 heterocycles. The molecule has 0 aliphatic rings. The highest BCUT2D eigenvalue weighted by atomic mass is 35.5. The van der Waals surface area contributed by atoms with Crippen LogP contribution >= 0.6 is 23.4 Å². The highest BCUT2D eigenvalue weighted by molar-refractivity contribution is 7.99. The number of carbonyl (C=O) groups is 2. The molecule has 0 aliphatic carbocycles. The summed E-state index contributed by atoms with van der Waals surface area (Å²) in [5, 5.41) is 14.9. The number of nitrogens with one attached hydrogen (secondary N) is 2. The number of ether oxygens (including phenoxy) is 1. The van der Waals surface area contributed by atoms with E-state index in [1.54, 1.807) is 67.3 Å². The number of benzene rings is 2. The van der Waals surface area contributed by atoms with E-state index in [0.717, 1.165) is 0 Å². The third-order valence-electron chi connectivity index (χ3n) is 4.08. The second-order valence-corrected chi connectivity index (χ2v) is 7.63. The molecule has 0 saturated heterocycles. The molecule has 2 aromatic carbocycles. The van der Waals surface area contributed by atoms with E-state index in [0.29, 0.717) is 33.1 Å². The van der Waals surface area contributed by atoms with Crippen molar-refractivity contribution in [1.29, 1.82) is 0 Å². The first-order chi connectivity index (χ1) is 14.4. The zero-order valence-corrected chi connectivity index (χ0v) is 18.0. The Morgan fingerprint density at radius 3 is 2.23 bits per heavy atom. The first kappa shape index (κ1) is 21.7. The smallest absolute Gasteiger partial charge is 0.234 e. The van der Waals surface area contributed by atoms with E-state index in [1.807, 2.05) is 0 Å². The second-order valence-electron chi connectivity index (χ2n) is 6.26. The van der Waals surface area contributed by atoms with Crippen LogP contribution in [0.15, 0.2) is 53.7 Å². The summed E-state index contributed by atoms with van der Waals surface area (Å²) in [5.74, 6) is 0.986. The van der Waals surface area contributed by atoms with Crippen molar-refractivity contribution in [3.8, 4) is 5.75 Å². The van der Waals surface area contributed by atoms with Crippen LogP contribution in [0.25, 0.3) is 0 Å². The Bertz CT molecular complexity index is 1020. The van der Waals surface area contributed by atoms with Gasteiger partial charge in [0, 0.05) is 23.4 Å². The SMILES string of the molecule is COc1ccc(NC(=O)CSc2nnc(CC(=O)Nc3ccc(Cl)cc3)n2C)cc1. The van der Waals surface area contributed by atoms with Gasteiger partial charge in [-0.1, -0.05) is 23.4 Å². The number of methoxy groups -OCH3 is 1. The largest absolute Gasteiger partial charge is 0.497 e. The van der Waals surface area contributed by atoms with Gasteiger partial charge in [-0.2, -0.15) is 0 Å². The van der Waals surface area contributed by atoms with E-state index < -0.39 is 0 Å². The fraction of sp³-hybridized carbons (Fsp3) is 0.200. The van der Waals surface area contributed by atoms with Crippen molar-refractivity contribution in [2.45, 2.75) is 11.6 Å².